The van der Waals surface area contributed by atoms with Crippen LogP contribution in [-0.2, 0) is 16.0 Å². The van der Waals surface area contributed by atoms with E-state index in [4.69, 9.17) is 14.2 Å². The molecular formula is C29H41NO6S. The smallest absolute Gasteiger partial charge is 0.415 e. The number of hydrogen-bond donors (Lipinski definition) is 1. The van der Waals surface area contributed by atoms with Crippen LogP contribution in [0.3, 0.4) is 0 Å². The number of aliphatic carboxylic acids is 1. The van der Waals surface area contributed by atoms with Crippen molar-refractivity contribution in [3.05, 3.63) is 58.7 Å². The average Bonchev–Trinajstić information content (AvgIpc) is 2.86. The fourth-order valence-electron chi connectivity index (χ4n) is 3.65. The highest BCUT2D eigenvalue weighted by Crippen LogP contribution is 2.23. The van der Waals surface area contributed by atoms with Crippen LogP contribution in [0, 0.1) is 20.8 Å². The molecule has 0 radical (unpaired) electrons. The number of hydrogen-bond acceptors (Lipinski definition) is 6. The summed E-state index contributed by atoms with van der Waals surface area (Å²) in [5.74, 6) is 2.17. The third kappa shape index (κ3) is 10.7. The van der Waals surface area contributed by atoms with Crippen molar-refractivity contribution in [3.8, 4) is 11.5 Å². The molecule has 0 saturated carbocycles. The van der Waals surface area contributed by atoms with Gasteiger partial charge in [-0.2, -0.15) is 11.8 Å². The van der Waals surface area contributed by atoms with Gasteiger partial charge in [0, 0.05) is 25.3 Å². The molecule has 0 aliphatic rings. The molecule has 37 heavy (non-hydrogen) atoms. The largest absolute Gasteiger partial charge is 0.492 e. The summed E-state index contributed by atoms with van der Waals surface area (Å²) in [4.78, 5) is 26.1. The molecule has 0 heterocycles. The van der Waals surface area contributed by atoms with E-state index in [9.17, 15) is 14.7 Å². The predicted molar refractivity (Wildman–Crippen MR) is 149 cm³/mol. The number of rotatable bonds is 16. The van der Waals surface area contributed by atoms with Gasteiger partial charge in [-0.25, -0.2) is 9.59 Å². The first-order chi connectivity index (χ1) is 17.7. The highest BCUT2D eigenvalue weighted by molar-refractivity contribution is 7.99. The first-order valence-corrected chi connectivity index (χ1v) is 14.1. The highest BCUT2D eigenvalue weighted by Gasteiger charge is 2.19. The van der Waals surface area contributed by atoms with Crippen LogP contribution in [0.4, 0.5) is 4.79 Å². The Labute approximate surface area is 225 Å². The Hall–Kier alpha value is -2.71. The van der Waals surface area contributed by atoms with E-state index in [-0.39, 0.29) is 12.5 Å². The first kappa shape index (κ1) is 30.5. The molecule has 0 aliphatic carbocycles. The number of carbonyl (C=O) groups excluding carboxylic acids is 1. The molecule has 0 saturated heterocycles. The number of benzene rings is 2. The van der Waals surface area contributed by atoms with Crippen LogP contribution >= 0.6 is 11.8 Å². The zero-order valence-corrected chi connectivity index (χ0v) is 23.6. The van der Waals surface area contributed by atoms with Gasteiger partial charge in [0.05, 0.1) is 6.54 Å². The molecule has 2 aromatic rings. The molecule has 1 N–H and O–H groups in total. The Balaban J connectivity index is 1.96. The minimum Gasteiger partial charge on any atom is -0.492 e. The molecular weight excluding hydrogens is 490 g/mol. The van der Waals surface area contributed by atoms with Crippen LogP contribution in [0.15, 0.2) is 36.4 Å². The number of nitrogens with zero attached hydrogens (tertiary/aromatic N) is 1. The maximum atomic E-state index is 13.1. The molecule has 7 nitrogen and oxygen atoms in total. The predicted octanol–water partition coefficient (Wildman–Crippen LogP) is 6.06. The van der Waals surface area contributed by atoms with Gasteiger partial charge in [-0.05, 0) is 80.3 Å². The molecule has 204 valence electrons. The summed E-state index contributed by atoms with van der Waals surface area (Å²) >= 11 is 1.84. The second kappa shape index (κ2) is 16.2. The quantitative estimate of drug-likeness (QED) is 0.264. The monoisotopic (exact) mass is 531 g/mol. The summed E-state index contributed by atoms with van der Waals surface area (Å²) in [7, 11) is 0. The lowest BCUT2D eigenvalue weighted by molar-refractivity contribution is -0.149. The Morgan fingerprint density at radius 1 is 0.973 bits per heavy atom. The molecule has 2 aromatic carbocycles. The van der Waals surface area contributed by atoms with Gasteiger partial charge < -0.3 is 24.2 Å². The van der Waals surface area contributed by atoms with Crippen molar-refractivity contribution in [1.82, 2.24) is 4.90 Å². The third-order valence-electron chi connectivity index (χ3n) is 6.01. The number of unbranched alkanes of at least 4 members (excludes halogenated alkanes) is 1. The second-order valence-corrected chi connectivity index (χ2v) is 10.2. The van der Waals surface area contributed by atoms with Crippen molar-refractivity contribution < 1.29 is 28.9 Å². The van der Waals surface area contributed by atoms with Gasteiger partial charge in [0.25, 0.3) is 0 Å². The van der Waals surface area contributed by atoms with Crippen molar-refractivity contribution in [2.24, 2.45) is 0 Å². The number of carbonyl (C=O) groups is 2. The minimum atomic E-state index is -0.974. The third-order valence-corrected chi connectivity index (χ3v) is 7.06. The normalized spacial score (nSPS) is 11.7. The summed E-state index contributed by atoms with van der Waals surface area (Å²) in [5.41, 5.74) is 4.03. The maximum Gasteiger partial charge on any atom is 0.415 e. The van der Waals surface area contributed by atoms with E-state index in [1.54, 1.807) is 11.8 Å². The molecule has 0 aromatic heterocycles. The molecule has 8 heteroatoms. The Bertz CT molecular complexity index is 995. The summed E-state index contributed by atoms with van der Waals surface area (Å²) < 4.78 is 17.0. The number of carboxylic acid groups (broad SMARTS) is 1. The summed E-state index contributed by atoms with van der Waals surface area (Å²) in [6.45, 7) is 11.6. The van der Waals surface area contributed by atoms with Gasteiger partial charge in [-0.3, -0.25) is 0 Å². The standard InChI is InChI=1S/C29H41NO6S/c1-6-8-16-37-17-14-30(29(33)36-26-19-22(4)21(3)18-23(26)5)13-15-35-25-11-9-24(10-12-25)20-27(28(31)32)34-7-2/h9-12,18-19,27H,6-8,13-17,20H2,1-5H3,(H,31,32). The lowest BCUT2D eigenvalue weighted by Crippen LogP contribution is -2.38. The topological polar surface area (TPSA) is 85.3 Å². The molecule has 0 bridgehead atoms. The summed E-state index contributed by atoms with van der Waals surface area (Å²) in [6, 6.07) is 11.2. The van der Waals surface area contributed by atoms with Gasteiger partial charge in [0.2, 0.25) is 0 Å². The lowest BCUT2D eigenvalue weighted by Gasteiger charge is -2.23. The van der Waals surface area contributed by atoms with Gasteiger partial charge in [0.15, 0.2) is 6.10 Å². The van der Waals surface area contributed by atoms with Crippen LogP contribution in [-0.4, -0.2) is 66.0 Å². The van der Waals surface area contributed by atoms with E-state index in [0.717, 1.165) is 46.6 Å². The first-order valence-electron chi connectivity index (χ1n) is 12.9. The van der Waals surface area contributed by atoms with Crippen LogP contribution in [0.25, 0.3) is 0 Å². The molecule has 1 unspecified atom stereocenters. The van der Waals surface area contributed by atoms with E-state index in [2.05, 4.69) is 6.92 Å². The fraction of sp³-hybridized carbons (Fsp3) is 0.517. The molecule has 1 atom stereocenters. The van der Waals surface area contributed by atoms with Crippen molar-refractivity contribution >= 4 is 23.8 Å². The SMILES string of the molecule is CCCCSCCN(CCOc1ccc(CC(OCC)C(=O)O)cc1)C(=O)Oc1cc(C)c(C)cc1C. The van der Waals surface area contributed by atoms with Crippen LogP contribution < -0.4 is 9.47 Å². The van der Waals surface area contributed by atoms with E-state index in [1.807, 2.05) is 68.9 Å². The summed E-state index contributed by atoms with van der Waals surface area (Å²) in [5, 5.41) is 9.28. The highest BCUT2D eigenvalue weighted by atomic mass is 32.2. The van der Waals surface area contributed by atoms with Crippen LogP contribution in [0.2, 0.25) is 0 Å². The number of aryl methyl sites for hydroxylation is 3. The number of carboxylic acids is 1. The zero-order chi connectivity index (χ0) is 27.2. The van der Waals surface area contributed by atoms with E-state index < -0.39 is 12.1 Å². The van der Waals surface area contributed by atoms with Gasteiger partial charge in [-0.1, -0.05) is 31.5 Å². The van der Waals surface area contributed by atoms with Crippen LogP contribution in [0.1, 0.15) is 48.9 Å². The average molecular weight is 532 g/mol. The maximum absolute atomic E-state index is 13.1. The van der Waals surface area contributed by atoms with E-state index in [0.29, 0.717) is 37.8 Å². The van der Waals surface area contributed by atoms with Crippen molar-refractivity contribution in [2.75, 3.05) is 37.8 Å². The van der Waals surface area contributed by atoms with Crippen molar-refractivity contribution in [1.29, 1.82) is 0 Å². The molecule has 0 spiro atoms. The van der Waals surface area contributed by atoms with Crippen LogP contribution in [0.5, 0.6) is 11.5 Å². The Morgan fingerprint density at radius 3 is 2.32 bits per heavy atom. The second-order valence-electron chi connectivity index (χ2n) is 9.00. The van der Waals surface area contributed by atoms with Crippen molar-refractivity contribution in [2.45, 2.75) is 60.0 Å². The van der Waals surface area contributed by atoms with Gasteiger partial charge in [-0.15, -0.1) is 0 Å². The molecule has 0 aliphatic heterocycles. The van der Waals surface area contributed by atoms with Gasteiger partial charge in [0.1, 0.15) is 18.1 Å². The lowest BCUT2D eigenvalue weighted by atomic mass is 10.1. The number of amides is 1. The minimum absolute atomic E-state index is 0.288. The molecule has 2 rings (SSSR count). The fourth-order valence-corrected chi connectivity index (χ4v) is 4.69. The number of thioether (sulfide) groups is 1. The Kier molecular flexibility index (Phi) is 13.4. The molecule has 0 fully saturated rings. The summed E-state index contributed by atoms with van der Waals surface area (Å²) in [6.07, 6.45) is 1.36. The molecule has 1 amide bonds. The number of ether oxygens (including phenoxy) is 3. The Morgan fingerprint density at radius 2 is 1.68 bits per heavy atom. The van der Waals surface area contributed by atoms with E-state index >= 15 is 0 Å². The van der Waals surface area contributed by atoms with Crippen molar-refractivity contribution in [3.63, 3.8) is 0 Å². The van der Waals surface area contributed by atoms with E-state index in [1.165, 1.54) is 0 Å². The zero-order valence-electron chi connectivity index (χ0n) is 22.7. The van der Waals surface area contributed by atoms with Gasteiger partial charge >= 0.3 is 12.1 Å².